The molecule has 0 bridgehead atoms. The SMILES string of the molecule is COc1ccc(Br)c(Nc2cc(NN)nc(SC)n2)c1. The lowest BCUT2D eigenvalue weighted by molar-refractivity contribution is 0.415. The second-order valence-electron chi connectivity index (χ2n) is 3.74. The zero-order chi connectivity index (χ0) is 14.5. The van der Waals surface area contributed by atoms with E-state index in [0.29, 0.717) is 16.8 Å². The molecule has 0 saturated carbocycles. The number of halogens is 1. The van der Waals surface area contributed by atoms with Crippen LogP contribution in [0.15, 0.2) is 33.9 Å². The molecule has 0 atom stereocenters. The topological polar surface area (TPSA) is 85.1 Å². The van der Waals surface area contributed by atoms with Gasteiger partial charge >= 0.3 is 0 Å². The van der Waals surface area contributed by atoms with Crippen LogP contribution in [0, 0.1) is 0 Å². The minimum atomic E-state index is 0.547. The molecule has 1 aromatic carbocycles. The Morgan fingerprint density at radius 2 is 2.00 bits per heavy atom. The molecule has 2 rings (SSSR count). The number of nitrogens with one attached hydrogen (secondary N) is 2. The molecule has 2 aromatic rings. The molecule has 1 heterocycles. The molecule has 106 valence electrons. The highest BCUT2D eigenvalue weighted by molar-refractivity contribution is 9.10. The second-order valence-corrected chi connectivity index (χ2v) is 5.37. The molecule has 0 spiro atoms. The number of aromatic nitrogens is 2. The number of thioether (sulfide) groups is 1. The van der Waals surface area contributed by atoms with Crippen LogP contribution in [0.4, 0.5) is 17.3 Å². The van der Waals surface area contributed by atoms with Gasteiger partial charge in [-0.3, -0.25) is 0 Å². The Bertz CT molecular complexity index is 588. The first-order chi connectivity index (χ1) is 9.66. The number of nitrogens with two attached hydrogens (primary N) is 1. The van der Waals surface area contributed by atoms with Gasteiger partial charge in [-0.05, 0) is 34.3 Å². The van der Waals surface area contributed by atoms with E-state index in [0.717, 1.165) is 15.9 Å². The van der Waals surface area contributed by atoms with Crippen molar-refractivity contribution in [2.75, 3.05) is 24.1 Å². The van der Waals surface area contributed by atoms with Gasteiger partial charge < -0.3 is 15.5 Å². The van der Waals surface area contributed by atoms with Gasteiger partial charge in [0.05, 0.1) is 12.8 Å². The van der Waals surface area contributed by atoms with Gasteiger partial charge in [0.25, 0.3) is 0 Å². The maximum atomic E-state index is 5.40. The zero-order valence-corrected chi connectivity index (χ0v) is 13.4. The van der Waals surface area contributed by atoms with Crippen LogP contribution < -0.4 is 21.3 Å². The number of benzene rings is 1. The van der Waals surface area contributed by atoms with Crippen LogP contribution in [-0.4, -0.2) is 23.3 Å². The Balaban J connectivity index is 2.33. The van der Waals surface area contributed by atoms with Crippen molar-refractivity contribution in [1.82, 2.24) is 9.97 Å². The summed E-state index contributed by atoms with van der Waals surface area (Å²) in [7, 11) is 1.62. The fraction of sp³-hybridized carbons (Fsp3) is 0.167. The monoisotopic (exact) mass is 355 g/mol. The van der Waals surface area contributed by atoms with Crippen molar-refractivity contribution in [3.05, 3.63) is 28.7 Å². The second kappa shape index (κ2) is 6.78. The highest BCUT2D eigenvalue weighted by Gasteiger charge is 2.07. The third-order valence-corrected chi connectivity index (χ3v) is 3.71. The average Bonchev–Trinajstić information content (AvgIpc) is 2.49. The lowest BCUT2D eigenvalue weighted by atomic mass is 10.3. The molecule has 0 radical (unpaired) electrons. The van der Waals surface area contributed by atoms with Crippen molar-refractivity contribution in [1.29, 1.82) is 0 Å². The van der Waals surface area contributed by atoms with E-state index in [1.165, 1.54) is 11.8 Å². The number of anilines is 3. The van der Waals surface area contributed by atoms with Crippen LogP contribution in [0.25, 0.3) is 0 Å². The van der Waals surface area contributed by atoms with Crippen molar-refractivity contribution in [2.24, 2.45) is 5.84 Å². The molecule has 6 nitrogen and oxygen atoms in total. The van der Waals surface area contributed by atoms with E-state index < -0.39 is 0 Å². The number of rotatable bonds is 5. The molecule has 0 amide bonds. The van der Waals surface area contributed by atoms with Crippen LogP contribution in [0.3, 0.4) is 0 Å². The summed E-state index contributed by atoms with van der Waals surface area (Å²) in [5.74, 6) is 7.35. The molecule has 1 aromatic heterocycles. The fourth-order valence-electron chi connectivity index (χ4n) is 1.52. The van der Waals surface area contributed by atoms with Crippen LogP contribution in [0.5, 0.6) is 5.75 Å². The molecule has 20 heavy (non-hydrogen) atoms. The highest BCUT2D eigenvalue weighted by Crippen LogP contribution is 2.30. The van der Waals surface area contributed by atoms with Gasteiger partial charge in [-0.25, -0.2) is 15.8 Å². The lowest BCUT2D eigenvalue weighted by Gasteiger charge is -2.11. The maximum absolute atomic E-state index is 5.40. The molecule has 0 aliphatic heterocycles. The number of methoxy groups -OCH3 is 1. The van der Waals surface area contributed by atoms with Crippen molar-refractivity contribution >= 4 is 45.0 Å². The molecule has 0 saturated heterocycles. The number of ether oxygens (including phenoxy) is 1. The summed E-state index contributed by atoms with van der Waals surface area (Å²) in [6.45, 7) is 0. The first kappa shape index (κ1) is 14.9. The molecule has 8 heteroatoms. The van der Waals surface area contributed by atoms with Gasteiger partial charge in [0.15, 0.2) is 5.16 Å². The summed E-state index contributed by atoms with van der Waals surface area (Å²) in [6.07, 6.45) is 1.90. The molecule has 0 aliphatic carbocycles. The van der Waals surface area contributed by atoms with E-state index in [2.05, 4.69) is 36.6 Å². The Labute approximate surface area is 129 Å². The summed E-state index contributed by atoms with van der Waals surface area (Å²) in [6, 6.07) is 7.38. The summed E-state index contributed by atoms with van der Waals surface area (Å²) in [5, 5.41) is 3.84. The summed E-state index contributed by atoms with van der Waals surface area (Å²) in [4.78, 5) is 8.58. The minimum absolute atomic E-state index is 0.547. The van der Waals surface area contributed by atoms with Gasteiger partial charge in [0.2, 0.25) is 0 Å². The van der Waals surface area contributed by atoms with E-state index >= 15 is 0 Å². The zero-order valence-electron chi connectivity index (χ0n) is 11.0. The van der Waals surface area contributed by atoms with Crippen LogP contribution in [-0.2, 0) is 0 Å². The largest absolute Gasteiger partial charge is 0.497 e. The van der Waals surface area contributed by atoms with Crippen LogP contribution in [0.1, 0.15) is 0 Å². The summed E-state index contributed by atoms with van der Waals surface area (Å²) >= 11 is 4.92. The third kappa shape index (κ3) is 3.53. The molecule has 0 fully saturated rings. The number of hydrogen-bond donors (Lipinski definition) is 3. The van der Waals surface area contributed by atoms with Crippen LogP contribution >= 0.6 is 27.7 Å². The van der Waals surface area contributed by atoms with E-state index in [1.54, 1.807) is 13.2 Å². The third-order valence-electron chi connectivity index (χ3n) is 2.47. The Morgan fingerprint density at radius 3 is 2.65 bits per heavy atom. The fourth-order valence-corrected chi connectivity index (χ4v) is 2.24. The first-order valence-corrected chi connectivity index (χ1v) is 7.68. The smallest absolute Gasteiger partial charge is 0.191 e. The number of nitrogen functional groups attached to an aromatic ring is 1. The summed E-state index contributed by atoms with van der Waals surface area (Å²) < 4.78 is 6.11. The number of hydrazine groups is 1. The quantitative estimate of drug-likeness (QED) is 0.329. The highest BCUT2D eigenvalue weighted by atomic mass is 79.9. The standard InChI is InChI=1S/C12H14BrN5OS/c1-19-7-3-4-8(13)9(5-7)15-10-6-11(18-14)17-12(16-10)20-2/h3-6H,14H2,1-2H3,(H2,15,16,17,18). The van der Waals surface area contributed by atoms with Gasteiger partial charge in [-0.15, -0.1) is 0 Å². The van der Waals surface area contributed by atoms with E-state index in [-0.39, 0.29) is 0 Å². The molecule has 0 aliphatic rings. The van der Waals surface area contributed by atoms with Gasteiger partial charge in [0.1, 0.15) is 17.4 Å². The molecule has 4 N–H and O–H groups in total. The van der Waals surface area contributed by atoms with Gasteiger partial charge in [-0.2, -0.15) is 0 Å². The average molecular weight is 356 g/mol. The Kier molecular flexibility index (Phi) is 5.05. The molecule has 0 unspecified atom stereocenters. The Hall–Kier alpha value is -1.51. The number of nitrogens with zero attached hydrogens (tertiary/aromatic N) is 2. The van der Waals surface area contributed by atoms with Crippen molar-refractivity contribution in [3.63, 3.8) is 0 Å². The van der Waals surface area contributed by atoms with Gasteiger partial charge in [0, 0.05) is 16.6 Å². The van der Waals surface area contributed by atoms with Gasteiger partial charge in [-0.1, -0.05) is 11.8 Å². The van der Waals surface area contributed by atoms with Crippen LogP contribution in [0.2, 0.25) is 0 Å². The minimum Gasteiger partial charge on any atom is -0.497 e. The molecular formula is C12H14BrN5OS. The van der Waals surface area contributed by atoms with Crippen molar-refractivity contribution in [3.8, 4) is 5.75 Å². The number of hydrogen-bond acceptors (Lipinski definition) is 7. The Morgan fingerprint density at radius 1 is 1.25 bits per heavy atom. The normalized spacial score (nSPS) is 10.2. The van der Waals surface area contributed by atoms with E-state index in [4.69, 9.17) is 10.6 Å². The first-order valence-electron chi connectivity index (χ1n) is 5.66. The van der Waals surface area contributed by atoms with E-state index in [9.17, 15) is 0 Å². The maximum Gasteiger partial charge on any atom is 0.191 e. The van der Waals surface area contributed by atoms with Crippen molar-refractivity contribution in [2.45, 2.75) is 5.16 Å². The lowest BCUT2D eigenvalue weighted by Crippen LogP contribution is -2.10. The summed E-state index contributed by atoms with van der Waals surface area (Å²) in [5.41, 5.74) is 3.37. The predicted molar refractivity (Wildman–Crippen MR) is 85.6 cm³/mol. The van der Waals surface area contributed by atoms with E-state index in [1.807, 2.05) is 24.5 Å². The van der Waals surface area contributed by atoms with Crippen molar-refractivity contribution < 1.29 is 4.74 Å². The molecular weight excluding hydrogens is 342 g/mol. The predicted octanol–water partition coefficient (Wildman–Crippen LogP) is 3.00.